The number of hydrogen-bond donors (Lipinski definition) is 1. The third-order valence-corrected chi connectivity index (χ3v) is 3.60. The van der Waals surface area contributed by atoms with Gasteiger partial charge < -0.3 is 15.0 Å². The van der Waals surface area contributed by atoms with Crippen LogP contribution in [0.5, 0.6) is 5.88 Å². The van der Waals surface area contributed by atoms with Crippen LogP contribution < -0.4 is 15.0 Å². The number of nitrogens with zero attached hydrogens (tertiary/aromatic N) is 3. The SMILES string of the molecule is CCOc1nc(N2CCNCC2C)nc2ccccc12. The standard InChI is InChI=1S/C15H20N4O/c1-3-20-14-12-6-4-5-7-13(12)17-15(18-14)19-9-8-16-10-11(19)2/h4-7,11,16H,3,8-10H2,1-2H3. The lowest BCUT2D eigenvalue weighted by Crippen LogP contribution is -2.50. The van der Waals surface area contributed by atoms with Crippen molar-refractivity contribution in [1.29, 1.82) is 0 Å². The number of aromatic nitrogens is 2. The zero-order valence-electron chi connectivity index (χ0n) is 12.0. The number of anilines is 1. The van der Waals surface area contributed by atoms with E-state index in [4.69, 9.17) is 9.72 Å². The highest BCUT2D eigenvalue weighted by Crippen LogP contribution is 2.26. The van der Waals surface area contributed by atoms with Crippen LogP contribution in [0.4, 0.5) is 5.95 Å². The lowest BCUT2D eigenvalue weighted by atomic mass is 10.2. The fourth-order valence-corrected chi connectivity index (χ4v) is 2.55. The Morgan fingerprint density at radius 2 is 2.20 bits per heavy atom. The molecule has 3 rings (SSSR count). The first-order chi connectivity index (χ1) is 9.79. The number of rotatable bonds is 3. The Bertz CT molecular complexity index is 601. The molecule has 2 heterocycles. The quantitative estimate of drug-likeness (QED) is 0.923. The molecule has 1 atom stereocenters. The predicted molar refractivity (Wildman–Crippen MR) is 80.4 cm³/mol. The number of para-hydroxylation sites is 1. The van der Waals surface area contributed by atoms with E-state index >= 15 is 0 Å². The van der Waals surface area contributed by atoms with E-state index in [-0.39, 0.29) is 0 Å². The molecule has 106 valence electrons. The van der Waals surface area contributed by atoms with Gasteiger partial charge >= 0.3 is 0 Å². The number of benzene rings is 1. The van der Waals surface area contributed by atoms with Crippen LogP contribution in [0, 0.1) is 0 Å². The maximum absolute atomic E-state index is 5.69. The molecule has 0 bridgehead atoms. The minimum absolute atomic E-state index is 0.388. The van der Waals surface area contributed by atoms with Gasteiger partial charge in [-0.3, -0.25) is 0 Å². The molecule has 1 saturated heterocycles. The average Bonchev–Trinajstić information content (AvgIpc) is 2.48. The highest BCUT2D eigenvalue weighted by molar-refractivity contribution is 5.84. The molecule has 1 aliphatic rings. The van der Waals surface area contributed by atoms with E-state index < -0.39 is 0 Å². The Morgan fingerprint density at radius 1 is 1.35 bits per heavy atom. The molecule has 1 fully saturated rings. The monoisotopic (exact) mass is 272 g/mol. The summed E-state index contributed by atoms with van der Waals surface area (Å²) in [7, 11) is 0. The van der Waals surface area contributed by atoms with Crippen molar-refractivity contribution in [3.05, 3.63) is 24.3 Å². The van der Waals surface area contributed by atoms with Gasteiger partial charge in [-0.15, -0.1) is 0 Å². The molecule has 0 aliphatic carbocycles. The van der Waals surface area contributed by atoms with Crippen LogP contribution in [0.15, 0.2) is 24.3 Å². The maximum atomic E-state index is 5.69. The van der Waals surface area contributed by atoms with Crippen LogP contribution in [-0.2, 0) is 0 Å². The van der Waals surface area contributed by atoms with Crippen molar-refractivity contribution in [1.82, 2.24) is 15.3 Å². The van der Waals surface area contributed by atoms with Crippen LogP contribution in [0.1, 0.15) is 13.8 Å². The third-order valence-electron chi connectivity index (χ3n) is 3.60. The summed E-state index contributed by atoms with van der Waals surface area (Å²) >= 11 is 0. The first kappa shape index (κ1) is 13.1. The normalized spacial score (nSPS) is 19.3. The van der Waals surface area contributed by atoms with Gasteiger partial charge in [0.15, 0.2) is 0 Å². The van der Waals surface area contributed by atoms with E-state index in [9.17, 15) is 0 Å². The van der Waals surface area contributed by atoms with E-state index in [1.165, 1.54) is 0 Å². The van der Waals surface area contributed by atoms with E-state index in [0.29, 0.717) is 18.5 Å². The van der Waals surface area contributed by atoms with Gasteiger partial charge in [0.2, 0.25) is 11.8 Å². The topological polar surface area (TPSA) is 50.3 Å². The van der Waals surface area contributed by atoms with Gasteiger partial charge in [0, 0.05) is 25.7 Å². The third kappa shape index (κ3) is 2.41. The summed E-state index contributed by atoms with van der Waals surface area (Å²) in [5.41, 5.74) is 0.937. The largest absolute Gasteiger partial charge is 0.477 e. The Hall–Kier alpha value is -1.88. The van der Waals surface area contributed by atoms with Crippen LogP contribution in [0.3, 0.4) is 0 Å². The van der Waals surface area contributed by atoms with Gasteiger partial charge in [-0.2, -0.15) is 4.98 Å². The zero-order chi connectivity index (χ0) is 13.9. The molecule has 0 radical (unpaired) electrons. The molecule has 1 aromatic heterocycles. The molecular weight excluding hydrogens is 252 g/mol. The van der Waals surface area contributed by atoms with E-state index in [2.05, 4.69) is 22.1 Å². The van der Waals surface area contributed by atoms with E-state index in [0.717, 1.165) is 36.5 Å². The smallest absolute Gasteiger partial charge is 0.229 e. The second kappa shape index (κ2) is 5.63. The van der Waals surface area contributed by atoms with Crippen LogP contribution >= 0.6 is 0 Å². The van der Waals surface area contributed by atoms with Gasteiger partial charge in [0.25, 0.3) is 0 Å². The predicted octanol–water partition coefficient (Wildman–Crippen LogP) is 1.83. The minimum Gasteiger partial charge on any atom is -0.477 e. The zero-order valence-corrected chi connectivity index (χ0v) is 12.0. The summed E-state index contributed by atoms with van der Waals surface area (Å²) in [5, 5.41) is 4.36. The summed E-state index contributed by atoms with van der Waals surface area (Å²) in [6.45, 7) is 7.61. The number of fused-ring (bicyclic) bond motifs is 1. The summed E-state index contributed by atoms with van der Waals surface area (Å²) in [6.07, 6.45) is 0. The van der Waals surface area contributed by atoms with Crippen molar-refractivity contribution < 1.29 is 4.74 Å². The molecule has 1 aromatic carbocycles. The molecule has 2 aromatic rings. The highest BCUT2D eigenvalue weighted by Gasteiger charge is 2.22. The first-order valence-corrected chi connectivity index (χ1v) is 7.16. The summed E-state index contributed by atoms with van der Waals surface area (Å²) in [6, 6.07) is 8.39. The lowest BCUT2D eigenvalue weighted by Gasteiger charge is -2.34. The van der Waals surface area contributed by atoms with Crippen molar-refractivity contribution in [2.24, 2.45) is 0 Å². The van der Waals surface area contributed by atoms with Gasteiger partial charge in [-0.05, 0) is 26.0 Å². The Kier molecular flexibility index (Phi) is 3.69. The number of ether oxygens (including phenoxy) is 1. The van der Waals surface area contributed by atoms with Crippen molar-refractivity contribution in [2.45, 2.75) is 19.9 Å². The number of hydrogen-bond acceptors (Lipinski definition) is 5. The molecular formula is C15H20N4O. The van der Waals surface area contributed by atoms with Crippen molar-refractivity contribution >= 4 is 16.9 Å². The van der Waals surface area contributed by atoms with Gasteiger partial charge in [-0.25, -0.2) is 4.98 Å². The lowest BCUT2D eigenvalue weighted by molar-refractivity contribution is 0.330. The van der Waals surface area contributed by atoms with Crippen molar-refractivity contribution in [2.75, 3.05) is 31.1 Å². The first-order valence-electron chi connectivity index (χ1n) is 7.16. The maximum Gasteiger partial charge on any atom is 0.229 e. The van der Waals surface area contributed by atoms with E-state index in [1.807, 2.05) is 31.2 Å². The molecule has 0 saturated carbocycles. The summed E-state index contributed by atoms with van der Waals surface area (Å²) < 4.78 is 5.69. The van der Waals surface area contributed by atoms with Crippen LogP contribution in [-0.4, -0.2) is 42.3 Å². The Morgan fingerprint density at radius 3 is 3.00 bits per heavy atom. The molecule has 5 heteroatoms. The second-order valence-electron chi connectivity index (χ2n) is 5.03. The van der Waals surface area contributed by atoms with Gasteiger partial charge in [0.1, 0.15) is 0 Å². The Labute approximate surface area is 119 Å². The molecule has 1 unspecified atom stereocenters. The molecule has 1 aliphatic heterocycles. The van der Waals surface area contributed by atoms with Crippen LogP contribution in [0.25, 0.3) is 10.9 Å². The fourth-order valence-electron chi connectivity index (χ4n) is 2.55. The highest BCUT2D eigenvalue weighted by atomic mass is 16.5. The number of nitrogens with one attached hydrogen (secondary N) is 1. The summed E-state index contributed by atoms with van der Waals surface area (Å²) in [5.74, 6) is 1.44. The van der Waals surface area contributed by atoms with Gasteiger partial charge in [-0.1, -0.05) is 12.1 Å². The Balaban J connectivity index is 2.06. The van der Waals surface area contributed by atoms with Crippen molar-refractivity contribution in [3.63, 3.8) is 0 Å². The molecule has 0 spiro atoms. The molecule has 0 amide bonds. The average molecular weight is 272 g/mol. The molecule has 20 heavy (non-hydrogen) atoms. The summed E-state index contributed by atoms with van der Waals surface area (Å²) in [4.78, 5) is 11.6. The second-order valence-corrected chi connectivity index (χ2v) is 5.03. The molecule has 1 N–H and O–H groups in total. The minimum atomic E-state index is 0.388. The van der Waals surface area contributed by atoms with Crippen LogP contribution in [0.2, 0.25) is 0 Å². The van der Waals surface area contributed by atoms with Crippen molar-refractivity contribution in [3.8, 4) is 5.88 Å². The fraction of sp³-hybridized carbons (Fsp3) is 0.467. The van der Waals surface area contributed by atoms with E-state index in [1.54, 1.807) is 0 Å². The number of piperazine rings is 1. The van der Waals surface area contributed by atoms with Gasteiger partial charge in [0.05, 0.1) is 17.5 Å². The molecule has 5 nitrogen and oxygen atoms in total.